The number of pyridine rings is 2. The van der Waals surface area contributed by atoms with E-state index < -0.39 is 11.7 Å². The number of nitrogens with one attached hydrogen (secondary N) is 1. The van der Waals surface area contributed by atoms with Crippen LogP contribution in [-0.2, 0) is 6.18 Å². The van der Waals surface area contributed by atoms with E-state index in [0.717, 1.165) is 17.6 Å². The Kier molecular flexibility index (Phi) is 6.40. The van der Waals surface area contributed by atoms with E-state index in [1.54, 1.807) is 30.3 Å². The number of hydrogen-bond donors (Lipinski definition) is 1. The van der Waals surface area contributed by atoms with Crippen molar-refractivity contribution in [1.82, 2.24) is 19.3 Å². The van der Waals surface area contributed by atoms with Crippen molar-refractivity contribution in [1.29, 1.82) is 0 Å². The van der Waals surface area contributed by atoms with Gasteiger partial charge < -0.3 is 15.0 Å². The molecule has 0 spiro atoms. The van der Waals surface area contributed by atoms with Crippen molar-refractivity contribution in [2.45, 2.75) is 33.1 Å². The van der Waals surface area contributed by atoms with Crippen molar-refractivity contribution in [3.05, 3.63) is 36.2 Å². The predicted molar refractivity (Wildman–Crippen MR) is 110 cm³/mol. The van der Waals surface area contributed by atoms with Crippen LogP contribution in [0.15, 0.2) is 30.6 Å². The highest BCUT2D eigenvalue weighted by atomic mass is 32.1. The van der Waals surface area contributed by atoms with Gasteiger partial charge in [0, 0.05) is 25.1 Å². The van der Waals surface area contributed by atoms with Crippen LogP contribution in [0.5, 0.6) is 5.75 Å². The molecule has 3 heterocycles. The molecule has 0 saturated carbocycles. The van der Waals surface area contributed by atoms with Gasteiger partial charge in [-0.3, -0.25) is 0 Å². The van der Waals surface area contributed by atoms with Gasteiger partial charge in [-0.1, -0.05) is 0 Å². The van der Waals surface area contributed by atoms with Gasteiger partial charge in [-0.05, 0) is 39.0 Å². The summed E-state index contributed by atoms with van der Waals surface area (Å²) in [7, 11) is 1.70. The number of rotatable bonds is 7. The lowest BCUT2D eigenvalue weighted by Gasteiger charge is -2.19. The predicted octanol–water partition coefficient (Wildman–Crippen LogP) is 5.00. The van der Waals surface area contributed by atoms with Crippen molar-refractivity contribution >= 4 is 28.2 Å². The molecular weight excluding hydrogens is 417 g/mol. The maximum atomic E-state index is 13.5. The van der Waals surface area contributed by atoms with Gasteiger partial charge in [0.05, 0.1) is 24.2 Å². The normalized spacial score (nSPS) is 11.6. The van der Waals surface area contributed by atoms with E-state index >= 15 is 0 Å². The minimum atomic E-state index is -4.57. The molecule has 0 fully saturated rings. The molecule has 3 aromatic rings. The fraction of sp³-hybridized carbons (Fsp3) is 0.368. The number of anilines is 3. The molecule has 3 rings (SSSR count). The standard InChI is InChI=1S/C19H21F3N6OS/c1-5-28(4)12-8-14(19(20,21)22)16(24-9-12)25-18-26-17(27-30-18)15-7-6-13(10-23-15)29-11(2)3/h6-11H,5H2,1-4H3,(H,24,25,26,27). The first-order valence-corrected chi connectivity index (χ1v) is 9.97. The Morgan fingerprint density at radius 2 is 1.97 bits per heavy atom. The highest BCUT2D eigenvalue weighted by Gasteiger charge is 2.35. The molecule has 11 heteroatoms. The molecule has 1 N–H and O–H groups in total. The maximum Gasteiger partial charge on any atom is 0.420 e. The van der Waals surface area contributed by atoms with Gasteiger partial charge in [0.2, 0.25) is 5.13 Å². The number of halogens is 3. The van der Waals surface area contributed by atoms with Gasteiger partial charge in [0.25, 0.3) is 0 Å². The average molecular weight is 438 g/mol. The largest absolute Gasteiger partial charge is 0.489 e. The van der Waals surface area contributed by atoms with E-state index in [-0.39, 0.29) is 17.1 Å². The van der Waals surface area contributed by atoms with Crippen molar-refractivity contribution in [3.8, 4) is 17.3 Å². The molecule has 0 bridgehead atoms. The molecule has 160 valence electrons. The van der Waals surface area contributed by atoms with Gasteiger partial charge in [0.1, 0.15) is 22.8 Å². The third-order valence-corrected chi connectivity index (χ3v) is 4.71. The van der Waals surface area contributed by atoms with E-state index in [0.29, 0.717) is 29.5 Å². The molecule has 0 saturated heterocycles. The van der Waals surface area contributed by atoms with Gasteiger partial charge in [-0.15, -0.1) is 0 Å². The second-order valence-electron chi connectivity index (χ2n) is 6.70. The van der Waals surface area contributed by atoms with Crippen LogP contribution in [0.2, 0.25) is 0 Å². The van der Waals surface area contributed by atoms with Crippen LogP contribution < -0.4 is 15.0 Å². The molecule has 0 aliphatic heterocycles. The first-order chi connectivity index (χ1) is 14.2. The SMILES string of the molecule is CCN(C)c1cnc(Nc2nc(-c3ccc(OC(C)C)cn3)ns2)c(C(F)(F)F)c1. The molecule has 0 atom stereocenters. The van der Waals surface area contributed by atoms with Crippen LogP contribution in [0, 0.1) is 0 Å². The molecule has 0 unspecified atom stereocenters. The van der Waals surface area contributed by atoms with Gasteiger partial charge in [-0.2, -0.15) is 22.5 Å². The third-order valence-electron chi connectivity index (χ3n) is 4.08. The van der Waals surface area contributed by atoms with Gasteiger partial charge in [-0.25, -0.2) is 9.97 Å². The lowest BCUT2D eigenvalue weighted by Crippen LogP contribution is -2.18. The minimum absolute atomic E-state index is 0.0182. The maximum absolute atomic E-state index is 13.5. The van der Waals surface area contributed by atoms with Gasteiger partial charge in [0.15, 0.2) is 5.82 Å². The van der Waals surface area contributed by atoms with E-state index in [1.807, 2.05) is 20.8 Å². The number of nitrogens with zero attached hydrogens (tertiary/aromatic N) is 5. The average Bonchev–Trinajstić information content (AvgIpc) is 3.15. The Labute approximate surface area is 176 Å². The molecular formula is C19H21F3N6OS. The molecule has 0 aliphatic carbocycles. The quantitative estimate of drug-likeness (QED) is 0.556. The smallest absolute Gasteiger partial charge is 0.420 e. The summed E-state index contributed by atoms with van der Waals surface area (Å²) in [6.45, 7) is 6.21. The summed E-state index contributed by atoms with van der Waals surface area (Å²) in [6.07, 6.45) is -1.61. The Balaban J connectivity index is 1.83. The highest BCUT2D eigenvalue weighted by molar-refractivity contribution is 7.09. The summed E-state index contributed by atoms with van der Waals surface area (Å²) in [5.41, 5.74) is -0.00840. The zero-order valence-electron chi connectivity index (χ0n) is 16.9. The van der Waals surface area contributed by atoms with Crippen LogP contribution in [0.1, 0.15) is 26.3 Å². The van der Waals surface area contributed by atoms with Crippen LogP contribution in [0.4, 0.5) is 29.8 Å². The Morgan fingerprint density at radius 3 is 2.57 bits per heavy atom. The lowest BCUT2D eigenvalue weighted by molar-refractivity contribution is -0.137. The molecule has 0 amide bonds. The number of alkyl halides is 3. The van der Waals surface area contributed by atoms with Crippen molar-refractivity contribution in [2.75, 3.05) is 23.8 Å². The fourth-order valence-electron chi connectivity index (χ4n) is 2.49. The molecule has 0 aliphatic rings. The zero-order valence-corrected chi connectivity index (χ0v) is 17.7. The first kappa shape index (κ1) is 21.8. The van der Waals surface area contributed by atoms with Crippen LogP contribution >= 0.6 is 11.5 Å². The monoisotopic (exact) mass is 438 g/mol. The summed E-state index contributed by atoms with van der Waals surface area (Å²) in [5.74, 6) is 0.583. The molecule has 3 aromatic heterocycles. The molecule has 7 nitrogen and oxygen atoms in total. The summed E-state index contributed by atoms with van der Waals surface area (Å²) in [5, 5.41) is 2.82. The molecule has 0 radical (unpaired) electrons. The van der Waals surface area contributed by atoms with Crippen LogP contribution in [0.3, 0.4) is 0 Å². The van der Waals surface area contributed by atoms with E-state index in [4.69, 9.17) is 4.74 Å². The first-order valence-electron chi connectivity index (χ1n) is 9.19. The minimum Gasteiger partial charge on any atom is -0.489 e. The van der Waals surface area contributed by atoms with E-state index in [1.165, 1.54) is 6.20 Å². The van der Waals surface area contributed by atoms with E-state index in [9.17, 15) is 13.2 Å². The Hall–Kier alpha value is -2.95. The number of hydrogen-bond acceptors (Lipinski definition) is 8. The fourth-order valence-corrected chi connectivity index (χ4v) is 3.07. The van der Waals surface area contributed by atoms with Crippen LogP contribution in [-0.4, -0.2) is 39.0 Å². The number of ether oxygens (including phenoxy) is 1. The Morgan fingerprint density at radius 1 is 1.20 bits per heavy atom. The van der Waals surface area contributed by atoms with Crippen molar-refractivity contribution in [2.24, 2.45) is 0 Å². The molecule has 0 aromatic carbocycles. The summed E-state index contributed by atoms with van der Waals surface area (Å²) >= 11 is 0.927. The summed E-state index contributed by atoms with van der Waals surface area (Å²) < 4.78 is 50.3. The third kappa shape index (κ3) is 5.15. The van der Waals surface area contributed by atoms with Crippen LogP contribution in [0.25, 0.3) is 11.5 Å². The second-order valence-corrected chi connectivity index (χ2v) is 7.45. The Bertz CT molecular complexity index is 991. The second kappa shape index (κ2) is 8.82. The lowest BCUT2D eigenvalue weighted by atomic mass is 10.2. The van der Waals surface area contributed by atoms with Crippen molar-refractivity contribution in [3.63, 3.8) is 0 Å². The summed E-state index contributed by atoms with van der Waals surface area (Å²) in [4.78, 5) is 14.1. The number of aromatic nitrogens is 4. The zero-order chi connectivity index (χ0) is 21.9. The molecule has 30 heavy (non-hydrogen) atoms. The van der Waals surface area contributed by atoms with Crippen molar-refractivity contribution < 1.29 is 17.9 Å². The topological polar surface area (TPSA) is 76.1 Å². The van der Waals surface area contributed by atoms with E-state index in [2.05, 4.69) is 24.6 Å². The van der Waals surface area contributed by atoms with Gasteiger partial charge >= 0.3 is 6.18 Å². The highest BCUT2D eigenvalue weighted by Crippen LogP contribution is 2.37. The summed E-state index contributed by atoms with van der Waals surface area (Å²) in [6, 6.07) is 4.50.